The molecule has 0 aliphatic heterocycles. The summed E-state index contributed by atoms with van der Waals surface area (Å²) < 4.78 is 0. The van der Waals surface area contributed by atoms with Crippen LogP contribution in [0, 0.1) is 0 Å². The van der Waals surface area contributed by atoms with E-state index in [4.69, 9.17) is 0 Å². The summed E-state index contributed by atoms with van der Waals surface area (Å²) in [7, 11) is 0. The Labute approximate surface area is 139 Å². The van der Waals surface area contributed by atoms with Crippen molar-refractivity contribution in [3.63, 3.8) is 0 Å². The van der Waals surface area contributed by atoms with Gasteiger partial charge in [0.2, 0.25) is 0 Å². The molecule has 2 aromatic rings. The van der Waals surface area contributed by atoms with Gasteiger partial charge in [-0.1, -0.05) is 24.3 Å². The van der Waals surface area contributed by atoms with Crippen LogP contribution in [0.3, 0.4) is 0 Å². The van der Waals surface area contributed by atoms with Gasteiger partial charge in [-0.3, -0.25) is 14.6 Å². The van der Waals surface area contributed by atoms with E-state index in [0.29, 0.717) is 24.0 Å². The van der Waals surface area contributed by atoms with Crippen molar-refractivity contribution < 1.29 is 14.7 Å². The highest BCUT2D eigenvalue weighted by Crippen LogP contribution is 2.31. The minimum atomic E-state index is -0.640. The Hall–Kier alpha value is -2.53. The number of hydrogen-bond donors (Lipinski definition) is 2. The number of carbonyl (C=O) groups excluding carboxylic acids is 2. The zero-order valence-electron chi connectivity index (χ0n) is 13.2. The highest BCUT2D eigenvalue weighted by atomic mass is 16.3. The number of amides is 1. The smallest absolute Gasteiger partial charge is 0.253 e. The lowest BCUT2D eigenvalue weighted by Gasteiger charge is -2.19. The van der Waals surface area contributed by atoms with Crippen molar-refractivity contribution in [2.24, 2.45) is 0 Å². The number of nitrogens with zero attached hydrogens (tertiary/aromatic N) is 1. The molecule has 122 valence electrons. The quantitative estimate of drug-likeness (QED) is 0.886. The average Bonchev–Trinajstić information content (AvgIpc) is 2.91. The summed E-state index contributed by atoms with van der Waals surface area (Å²) in [5.41, 5.74) is 3.69. The predicted octanol–water partition coefficient (Wildman–Crippen LogP) is 1.99. The van der Waals surface area contributed by atoms with Crippen molar-refractivity contribution >= 4 is 11.7 Å². The first-order valence-corrected chi connectivity index (χ1v) is 8.22. The molecular formula is C19H18N2O3. The molecule has 5 nitrogen and oxygen atoms in total. The van der Waals surface area contributed by atoms with Crippen molar-refractivity contribution in [3.05, 3.63) is 64.5 Å². The third-order valence-electron chi connectivity index (χ3n) is 4.84. The normalized spacial score (nSPS) is 22.0. The highest BCUT2D eigenvalue weighted by Gasteiger charge is 2.32. The van der Waals surface area contributed by atoms with E-state index in [1.807, 2.05) is 24.3 Å². The van der Waals surface area contributed by atoms with Crippen LogP contribution >= 0.6 is 0 Å². The van der Waals surface area contributed by atoms with Crippen molar-refractivity contribution in [3.8, 4) is 0 Å². The molecule has 2 aliphatic rings. The van der Waals surface area contributed by atoms with Crippen molar-refractivity contribution in [1.82, 2.24) is 10.3 Å². The molecule has 0 unspecified atom stereocenters. The Morgan fingerprint density at radius 2 is 2.08 bits per heavy atom. The minimum absolute atomic E-state index is 0.0460. The SMILES string of the molecule is O=C(N[C@H]1c2ccccc2C[C@H]1O)c1cnc2c(c1)C(=O)CCC2. The summed E-state index contributed by atoms with van der Waals surface area (Å²) in [6, 6.07) is 8.91. The Morgan fingerprint density at radius 3 is 2.96 bits per heavy atom. The standard InChI is InChI=1S/C19H18N2O3/c22-16-7-3-6-15-14(16)8-12(10-20-15)19(24)21-18-13-5-2-1-4-11(13)9-17(18)23/h1-2,4-5,8,10,17-18,23H,3,6-7,9H2,(H,21,24)/t17-,18+/m1/s1. The Morgan fingerprint density at radius 1 is 1.25 bits per heavy atom. The van der Waals surface area contributed by atoms with Crippen LogP contribution in [-0.4, -0.2) is 27.9 Å². The van der Waals surface area contributed by atoms with Gasteiger partial charge in [0.05, 0.1) is 23.4 Å². The number of carbonyl (C=O) groups is 2. The number of aliphatic hydroxyl groups excluding tert-OH is 1. The Balaban J connectivity index is 1.59. The number of pyridine rings is 1. The summed E-state index contributed by atoms with van der Waals surface area (Å²) in [6.45, 7) is 0. The van der Waals surface area contributed by atoms with E-state index in [9.17, 15) is 14.7 Å². The fraction of sp³-hybridized carbons (Fsp3) is 0.316. The first-order chi connectivity index (χ1) is 11.6. The number of fused-ring (bicyclic) bond motifs is 2. The van der Waals surface area contributed by atoms with Gasteiger partial charge in [-0.2, -0.15) is 0 Å². The molecule has 4 rings (SSSR count). The first kappa shape index (κ1) is 15.0. The molecule has 2 N–H and O–H groups in total. The molecule has 0 saturated heterocycles. The third-order valence-corrected chi connectivity index (χ3v) is 4.84. The molecule has 1 amide bonds. The molecule has 1 heterocycles. The zero-order chi connectivity index (χ0) is 16.7. The molecule has 0 bridgehead atoms. The van der Waals surface area contributed by atoms with Crippen LogP contribution in [0.15, 0.2) is 36.5 Å². The number of benzene rings is 1. The maximum atomic E-state index is 12.6. The van der Waals surface area contributed by atoms with Crippen molar-refractivity contribution in [2.45, 2.75) is 37.8 Å². The van der Waals surface area contributed by atoms with Gasteiger partial charge in [-0.15, -0.1) is 0 Å². The second-order valence-corrected chi connectivity index (χ2v) is 6.42. The lowest BCUT2D eigenvalue weighted by Crippen LogP contribution is -2.34. The second kappa shape index (κ2) is 5.83. The van der Waals surface area contributed by atoms with Crippen molar-refractivity contribution in [1.29, 1.82) is 0 Å². The maximum absolute atomic E-state index is 12.6. The van der Waals surface area contributed by atoms with E-state index in [1.54, 1.807) is 6.07 Å². The molecule has 0 radical (unpaired) electrons. The van der Waals surface area contributed by atoms with Crippen LogP contribution < -0.4 is 5.32 Å². The molecule has 2 aliphatic carbocycles. The predicted molar refractivity (Wildman–Crippen MR) is 87.9 cm³/mol. The second-order valence-electron chi connectivity index (χ2n) is 6.42. The van der Waals surface area contributed by atoms with Gasteiger partial charge < -0.3 is 10.4 Å². The number of aromatic nitrogens is 1. The monoisotopic (exact) mass is 322 g/mol. The van der Waals surface area contributed by atoms with Gasteiger partial charge in [-0.25, -0.2) is 0 Å². The summed E-state index contributed by atoms with van der Waals surface area (Å²) in [4.78, 5) is 28.9. The van der Waals surface area contributed by atoms with Gasteiger partial charge in [0.1, 0.15) is 0 Å². The number of rotatable bonds is 2. The Bertz CT molecular complexity index is 831. The summed E-state index contributed by atoms with van der Waals surface area (Å²) in [5, 5.41) is 13.1. The van der Waals surface area contributed by atoms with Gasteiger partial charge in [0.15, 0.2) is 5.78 Å². The van der Waals surface area contributed by atoms with E-state index < -0.39 is 12.1 Å². The highest BCUT2D eigenvalue weighted by molar-refractivity contribution is 6.01. The lowest BCUT2D eigenvalue weighted by molar-refractivity contribution is 0.0857. The summed E-state index contributed by atoms with van der Waals surface area (Å²) in [6.07, 6.45) is 3.50. The van der Waals surface area contributed by atoms with Crippen LogP contribution in [0.5, 0.6) is 0 Å². The largest absolute Gasteiger partial charge is 0.390 e. The van der Waals surface area contributed by atoms with Crippen molar-refractivity contribution in [2.75, 3.05) is 0 Å². The molecule has 1 aromatic heterocycles. The number of hydrogen-bond acceptors (Lipinski definition) is 4. The van der Waals surface area contributed by atoms with Gasteiger partial charge in [0, 0.05) is 24.6 Å². The van der Waals surface area contributed by atoms with E-state index in [0.717, 1.165) is 29.7 Å². The van der Waals surface area contributed by atoms with Crippen LogP contribution in [0.2, 0.25) is 0 Å². The topological polar surface area (TPSA) is 79.3 Å². The van der Waals surface area contributed by atoms with E-state index in [1.165, 1.54) is 6.20 Å². The van der Waals surface area contributed by atoms with Crippen LogP contribution in [0.1, 0.15) is 56.4 Å². The summed E-state index contributed by atoms with van der Waals surface area (Å²) >= 11 is 0. The summed E-state index contributed by atoms with van der Waals surface area (Å²) in [5.74, 6) is -0.269. The molecular weight excluding hydrogens is 304 g/mol. The van der Waals surface area contributed by atoms with Gasteiger partial charge in [0.25, 0.3) is 5.91 Å². The third kappa shape index (κ3) is 2.51. The average molecular weight is 322 g/mol. The number of aryl methyl sites for hydroxylation is 1. The van der Waals surface area contributed by atoms with Gasteiger partial charge >= 0.3 is 0 Å². The zero-order valence-corrected chi connectivity index (χ0v) is 13.2. The van der Waals surface area contributed by atoms with Crippen LogP contribution in [0.4, 0.5) is 0 Å². The molecule has 0 saturated carbocycles. The first-order valence-electron chi connectivity index (χ1n) is 8.22. The van der Waals surface area contributed by atoms with Gasteiger partial charge in [-0.05, 0) is 30.0 Å². The fourth-order valence-corrected chi connectivity index (χ4v) is 3.58. The molecule has 1 aromatic carbocycles. The lowest BCUT2D eigenvalue weighted by atomic mass is 9.93. The number of ketones is 1. The number of aliphatic hydroxyl groups is 1. The Kier molecular flexibility index (Phi) is 3.65. The fourth-order valence-electron chi connectivity index (χ4n) is 3.58. The van der Waals surface area contributed by atoms with Crippen LogP contribution in [0.25, 0.3) is 0 Å². The van der Waals surface area contributed by atoms with Crippen LogP contribution in [-0.2, 0) is 12.8 Å². The molecule has 0 spiro atoms. The minimum Gasteiger partial charge on any atom is -0.390 e. The maximum Gasteiger partial charge on any atom is 0.253 e. The number of Topliss-reactive ketones (excluding diaryl/α,β-unsaturated/α-hetero) is 1. The molecule has 2 atom stereocenters. The molecule has 24 heavy (non-hydrogen) atoms. The van der Waals surface area contributed by atoms with E-state index in [2.05, 4.69) is 10.3 Å². The number of nitrogens with one attached hydrogen (secondary N) is 1. The molecule has 0 fully saturated rings. The van der Waals surface area contributed by atoms with E-state index >= 15 is 0 Å². The van der Waals surface area contributed by atoms with E-state index in [-0.39, 0.29) is 11.7 Å². The molecule has 5 heteroatoms.